The molecule has 120 valence electrons. The molecule has 2 aromatic carbocycles. The number of aliphatic carboxylic acids is 1. The van der Waals surface area contributed by atoms with Gasteiger partial charge in [-0.15, -0.1) is 0 Å². The summed E-state index contributed by atoms with van der Waals surface area (Å²) in [6, 6.07) is 13.7. The Balaban J connectivity index is 2.03. The third-order valence-corrected chi connectivity index (χ3v) is 3.35. The summed E-state index contributed by atoms with van der Waals surface area (Å²) >= 11 is 0. The molecule has 1 amide bonds. The topological polar surface area (TPSA) is 95.9 Å². The third kappa shape index (κ3) is 4.23. The molecule has 0 fully saturated rings. The van der Waals surface area contributed by atoms with Gasteiger partial charge in [0, 0.05) is 5.56 Å². The lowest BCUT2D eigenvalue weighted by Gasteiger charge is -2.13. The van der Waals surface area contributed by atoms with E-state index < -0.39 is 18.0 Å². The van der Waals surface area contributed by atoms with E-state index in [2.05, 4.69) is 5.32 Å². The number of ether oxygens (including phenoxy) is 1. The summed E-state index contributed by atoms with van der Waals surface area (Å²) in [7, 11) is 0. The number of benzene rings is 2. The molecular weight excluding hydrogens is 298 g/mol. The lowest BCUT2D eigenvalue weighted by molar-refractivity contribution is -0.138. The van der Waals surface area contributed by atoms with Gasteiger partial charge in [0.25, 0.3) is 0 Å². The van der Waals surface area contributed by atoms with E-state index in [1.165, 1.54) is 19.1 Å². The molecule has 0 aromatic heterocycles. The highest BCUT2D eigenvalue weighted by atomic mass is 16.5. The summed E-state index contributed by atoms with van der Waals surface area (Å²) in [5, 5.41) is 21.5. The van der Waals surface area contributed by atoms with Gasteiger partial charge in [0.2, 0.25) is 0 Å². The fraction of sp³-hybridized carbons (Fsp3) is 0.176. The van der Waals surface area contributed by atoms with E-state index in [-0.39, 0.29) is 23.6 Å². The lowest BCUT2D eigenvalue weighted by Crippen LogP contribution is -2.14. The van der Waals surface area contributed by atoms with Gasteiger partial charge in [0.1, 0.15) is 12.4 Å². The van der Waals surface area contributed by atoms with Crippen LogP contribution in [-0.4, -0.2) is 22.3 Å². The Hall–Kier alpha value is -3.02. The summed E-state index contributed by atoms with van der Waals surface area (Å²) < 4.78 is 5.06. The fourth-order valence-electron chi connectivity index (χ4n) is 2.01. The summed E-state index contributed by atoms with van der Waals surface area (Å²) in [6.07, 6.45) is -0.732. The van der Waals surface area contributed by atoms with Gasteiger partial charge < -0.3 is 14.9 Å². The predicted octanol–water partition coefficient (Wildman–Crippen LogP) is 3.33. The number of carboxylic acid groups (broad SMARTS) is 1. The maximum absolute atomic E-state index is 11.8. The number of carbonyl (C=O) groups is 2. The molecule has 0 heterocycles. The van der Waals surface area contributed by atoms with Crippen molar-refractivity contribution in [2.45, 2.75) is 19.4 Å². The minimum absolute atomic E-state index is 0.0959. The summed E-state index contributed by atoms with van der Waals surface area (Å²) in [5.41, 5.74) is 1.16. The van der Waals surface area contributed by atoms with Crippen molar-refractivity contribution in [1.82, 2.24) is 0 Å². The molecule has 1 unspecified atom stereocenters. The molecule has 0 aliphatic carbocycles. The maximum atomic E-state index is 11.8. The van der Waals surface area contributed by atoms with Crippen LogP contribution >= 0.6 is 0 Å². The number of phenolic OH excluding ortho intramolecular Hbond substituents is 1. The SMILES string of the molecule is CC(C(=O)O)c1cccc(NC(=O)OCc2ccccc2)c1O. The minimum atomic E-state index is -1.07. The first-order valence-corrected chi connectivity index (χ1v) is 7.01. The number of carboxylic acids is 1. The van der Waals surface area contributed by atoms with Gasteiger partial charge in [-0.25, -0.2) is 4.79 Å². The Morgan fingerprint density at radius 3 is 2.48 bits per heavy atom. The molecule has 0 aliphatic rings. The van der Waals surface area contributed by atoms with Crippen LogP contribution in [0.15, 0.2) is 48.5 Å². The van der Waals surface area contributed by atoms with E-state index in [0.717, 1.165) is 5.56 Å². The normalized spacial score (nSPS) is 11.5. The average molecular weight is 315 g/mol. The molecule has 0 radical (unpaired) electrons. The molecule has 3 N–H and O–H groups in total. The Bertz CT molecular complexity index is 699. The Labute approximate surface area is 133 Å². The van der Waals surface area contributed by atoms with Crippen molar-refractivity contribution in [3.05, 3.63) is 59.7 Å². The zero-order valence-corrected chi connectivity index (χ0v) is 12.5. The van der Waals surface area contributed by atoms with E-state index in [1.54, 1.807) is 6.07 Å². The molecule has 0 spiro atoms. The molecule has 2 aromatic rings. The average Bonchev–Trinajstić information content (AvgIpc) is 2.55. The highest BCUT2D eigenvalue weighted by molar-refractivity contribution is 5.88. The number of hydrogen-bond donors (Lipinski definition) is 3. The summed E-state index contributed by atoms with van der Waals surface area (Å²) in [4.78, 5) is 22.8. The van der Waals surface area contributed by atoms with Gasteiger partial charge in [-0.1, -0.05) is 42.5 Å². The number of phenols is 1. The Morgan fingerprint density at radius 2 is 1.83 bits per heavy atom. The Kier molecular flexibility index (Phi) is 5.19. The second-order valence-corrected chi connectivity index (χ2v) is 4.99. The smallest absolute Gasteiger partial charge is 0.412 e. The van der Waals surface area contributed by atoms with E-state index in [1.807, 2.05) is 30.3 Å². The zero-order chi connectivity index (χ0) is 16.8. The highest BCUT2D eigenvalue weighted by Crippen LogP contribution is 2.33. The van der Waals surface area contributed by atoms with Crippen LogP contribution < -0.4 is 5.32 Å². The largest absolute Gasteiger partial charge is 0.505 e. The van der Waals surface area contributed by atoms with Crippen molar-refractivity contribution < 1.29 is 24.5 Å². The maximum Gasteiger partial charge on any atom is 0.412 e. The fourth-order valence-corrected chi connectivity index (χ4v) is 2.01. The van der Waals surface area contributed by atoms with Crippen LogP contribution in [0.5, 0.6) is 5.75 Å². The van der Waals surface area contributed by atoms with E-state index in [9.17, 15) is 14.7 Å². The number of anilines is 1. The molecule has 0 aliphatic heterocycles. The van der Waals surface area contributed by atoms with Crippen LogP contribution in [-0.2, 0) is 16.1 Å². The first-order chi connectivity index (χ1) is 11.0. The first-order valence-electron chi connectivity index (χ1n) is 7.01. The number of hydrogen-bond acceptors (Lipinski definition) is 4. The molecule has 0 saturated carbocycles. The second kappa shape index (κ2) is 7.31. The van der Waals surface area contributed by atoms with Crippen LogP contribution in [0, 0.1) is 0 Å². The van der Waals surface area contributed by atoms with Crippen LogP contribution in [0.4, 0.5) is 10.5 Å². The number of amides is 1. The molecular formula is C17H17NO5. The van der Waals surface area contributed by atoms with Crippen LogP contribution in [0.2, 0.25) is 0 Å². The Morgan fingerprint density at radius 1 is 1.13 bits per heavy atom. The molecule has 6 nitrogen and oxygen atoms in total. The second-order valence-electron chi connectivity index (χ2n) is 4.99. The van der Waals surface area contributed by atoms with E-state index >= 15 is 0 Å². The monoisotopic (exact) mass is 315 g/mol. The molecule has 0 bridgehead atoms. The predicted molar refractivity (Wildman–Crippen MR) is 84.4 cm³/mol. The molecule has 0 saturated heterocycles. The summed E-state index contributed by atoms with van der Waals surface area (Å²) in [5.74, 6) is -2.24. The highest BCUT2D eigenvalue weighted by Gasteiger charge is 2.20. The number of rotatable bonds is 5. The molecule has 6 heteroatoms. The van der Waals surface area contributed by atoms with Crippen molar-refractivity contribution in [3.8, 4) is 5.75 Å². The van der Waals surface area contributed by atoms with Crippen LogP contribution in [0.25, 0.3) is 0 Å². The van der Waals surface area contributed by atoms with Gasteiger partial charge in [0.05, 0.1) is 11.6 Å². The van der Waals surface area contributed by atoms with Gasteiger partial charge in [-0.3, -0.25) is 10.1 Å². The number of aromatic hydroxyl groups is 1. The van der Waals surface area contributed by atoms with E-state index in [4.69, 9.17) is 9.84 Å². The zero-order valence-electron chi connectivity index (χ0n) is 12.5. The van der Waals surface area contributed by atoms with Crippen molar-refractivity contribution in [2.24, 2.45) is 0 Å². The number of nitrogens with one attached hydrogen (secondary N) is 1. The number of para-hydroxylation sites is 1. The minimum Gasteiger partial charge on any atom is -0.505 e. The van der Waals surface area contributed by atoms with Crippen molar-refractivity contribution in [3.63, 3.8) is 0 Å². The van der Waals surface area contributed by atoms with Crippen molar-refractivity contribution in [1.29, 1.82) is 0 Å². The van der Waals surface area contributed by atoms with E-state index in [0.29, 0.717) is 0 Å². The van der Waals surface area contributed by atoms with Crippen molar-refractivity contribution >= 4 is 17.7 Å². The standard InChI is InChI=1S/C17H17NO5/c1-11(16(20)21)13-8-5-9-14(15(13)19)18-17(22)23-10-12-6-3-2-4-7-12/h2-9,11,19H,10H2,1H3,(H,18,22)(H,20,21). The van der Waals surface area contributed by atoms with Gasteiger partial charge >= 0.3 is 12.1 Å². The quantitative estimate of drug-likeness (QED) is 0.735. The van der Waals surface area contributed by atoms with Crippen LogP contribution in [0.3, 0.4) is 0 Å². The lowest BCUT2D eigenvalue weighted by atomic mass is 9.99. The summed E-state index contributed by atoms with van der Waals surface area (Å²) in [6.45, 7) is 1.55. The molecule has 2 rings (SSSR count). The van der Waals surface area contributed by atoms with Gasteiger partial charge in [-0.05, 0) is 18.6 Å². The number of carbonyl (C=O) groups excluding carboxylic acids is 1. The van der Waals surface area contributed by atoms with Crippen LogP contribution in [0.1, 0.15) is 24.0 Å². The molecule has 1 atom stereocenters. The molecule has 23 heavy (non-hydrogen) atoms. The van der Waals surface area contributed by atoms with Crippen molar-refractivity contribution in [2.75, 3.05) is 5.32 Å². The van der Waals surface area contributed by atoms with Gasteiger partial charge in [0.15, 0.2) is 0 Å². The van der Waals surface area contributed by atoms with Gasteiger partial charge in [-0.2, -0.15) is 0 Å². The first kappa shape index (κ1) is 16.4. The third-order valence-electron chi connectivity index (χ3n) is 3.35.